The van der Waals surface area contributed by atoms with Crippen molar-refractivity contribution in [2.45, 2.75) is 20.0 Å². The van der Waals surface area contributed by atoms with Crippen molar-refractivity contribution >= 4 is 23.3 Å². The molecule has 5 nitrogen and oxygen atoms in total. The van der Waals surface area contributed by atoms with Crippen LogP contribution in [-0.4, -0.2) is 34.2 Å². The van der Waals surface area contributed by atoms with Crippen molar-refractivity contribution in [3.63, 3.8) is 0 Å². The lowest BCUT2D eigenvalue weighted by molar-refractivity contribution is -0.117. The second-order valence-electron chi connectivity index (χ2n) is 6.65. The number of nitrogens with one attached hydrogen (secondary N) is 1. The predicted molar refractivity (Wildman–Crippen MR) is 109 cm³/mol. The number of hydrogen-bond donors (Lipinski definition) is 1. The molecule has 0 fully saturated rings. The van der Waals surface area contributed by atoms with Gasteiger partial charge in [0.2, 0.25) is 5.91 Å². The van der Waals surface area contributed by atoms with Crippen LogP contribution in [-0.2, 0) is 17.9 Å². The highest BCUT2D eigenvalue weighted by Crippen LogP contribution is 2.15. The van der Waals surface area contributed by atoms with E-state index in [0.29, 0.717) is 23.9 Å². The summed E-state index contributed by atoms with van der Waals surface area (Å²) in [6, 6.07) is 17.6. The summed E-state index contributed by atoms with van der Waals surface area (Å²) in [5.41, 5.74) is 3.47. The molecule has 0 bridgehead atoms. The van der Waals surface area contributed by atoms with Gasteiger partial charge in [0.1, 0.15) is 5.82 Å². The molecule has 0 saturated carbocycles. The standard InChI is InChI=1S/C21H23ClN4O/c1-16-6-3-4-8-18(16)14-25(2)15-21(27)24-20-10-11-23-26(20)13-17-7-5-9-19(22)12-17/h3-12H,13-15H2,1-2H3,(H,24,27). The smallest absolute Gasteiger partial charge is 0.239 e. The summed E-state index contributed by atoms with van der Waals surface area (Å²) >= 11 is 6.04. The van der Waals surface area contributed by atoms with E-state index in [1.54, 1.807) is 16.9 Å². The Morgan fingerprint density at radius 1 is 1.19 bits per heavy atom. The molecular formula is C21H23ClN4O. The van der Waals surface area contributed by atoms with Gasteiger partial charge >= 0.3 is 0 Å². The first-order chi connectivity index (χ1) is 13.0. The van der Waals surface area contributed by atoms with Crippen LogP contribution in [0.15, 0.2) is 60.8 Å². The number of aryl methyl sites for hydroxylation is 1. The molecule has 1 aromatic heterocycles. The number of aromatic nitrogens is 2. The van der Waals surface area contributed by atoms with Crippen LogP contribution in [0.3, 0.4) is 0 Å². The van der Waals surface area contributed by atoms with Crippen LogP contribution in [0.5, 0.6) is 0 Å². The summed E-state index contributed by atoms with van der Waals surface area (Å²) in [5, 5.41) is 7.92. The summed E-state index contributed by atoms with van der Waals surface area (Å²) in [6.07, 6.45) is 1.68. The normalized spacial score (nSPS) is 11.0. The third-order valence-corrected chi connectivity index (χ3v) is 4.56. The minimum atomic E-state index is -0.0704. The molecule has 27 heavy (non-hydrogen) atoms. The molecule has 140 valence electrons. The maximum atomic E-state index is 12.4. The number of halogens is 1. The van der Waals surface area contributed by atoms with E-state index in [1.807, 2.05) is 48.3 Å². The number of rotatable bonds is 7. The Morgan fingerprint density at radius 3 is 2.78 bits per heavy atom. The van der Waals surface area contributed by atoms with Gasteiger partial charge in [0.05, 0.1) is 19.3 Å². The first-order valence-electron chi connectivity index (χ1n) is 8.80. The summed E-state index contributed by atoms with van der Waals surface area (Å²) < 4.78 is 1.75. The van der Waals surface area contributed by atoms with E-state index in [4.69, 9.17) is 11.6 Å². The Labute approximate surface area is 164 Å². The maximum Gasteiger partial charge on any atom is 0.239 e. The van der Waals surface area contributed by atoms with E-state index >= 15 is 0 Å². The quantitative estimate of drug-likeness (QED) is 0.672. The third-order valence-electron chi connectivity index (χ3n) is 4.32. The number of anilines is 1. The fourth-order valence-electron chi connectivity index (χ4n) is 2.93. The number of benzene rings is 2. The van der Waals surface area contributed by atoms with Gasteiger partial charge in [-0.15, -0.1) is 0 Å². The molecule has 1 N–H and O–H groups in total. The number of hydrogen-bond acceptors (Lipinski definition) is 3. The van der Waals surface area contributed by atoms with E-state index in [-0.39, 0.29) is 5.91 Å². The van der Waals surface area contributed by atoms with Gasteiger partial charge in [-0.1, -0.05) is 48.0 Å². The lowest BCUT2D eigenvalue weighted by atomic mass is 10.1. The van der Waals surface area contributed by atoms with Crippen LogP contribution in [0.1, 0.15) is 16.7 Å². The lowest BCUT2D eigenvalue weighted by Crippen LogP contribution is -2.30. The van der Waals surface area contributed by atoms with Crippen molar-refractivity contribution < 1.29 is 4.79 Å². The van der Waals surface area contributed by atoms with Gasteiger partial charge in [-0.3, -0.25) is 9.69 Å². The molecule has 0 radical (unpaired) electrons. The maximum absolute atomic E-state index is 12.4. The van der Waals surface area contributed by atoms with E-state index < -0.39 is 0 Å². The van der Waals surface area contributed by atoms with Crippen LogP contribution >= 0.6 is 11.6 Å². The van der Waals surface area contributed by atoms with Crippen molar-refractivity contribution in [3.8, 4) is 0 Å². The molecular weight excluding hydrogens is 360 g/mol. The summed E-state index contributed by atoms with van der Waals surface area (Å²) in [4.78, 5) is 14.4. The van der Waals surface area contributed by atoms with Crippen molar-refractivity contribution in [2.24, 2.45) is 0 Å². The number of carbonyl (C=O) groups excluding carboxylic acids is 1. The van der Waals surface area contributed by atoms with Gasteiger partial charge in [-0.05, 0) is 42.8 Å². The minimum Gasteiger partial charge on any atom is -0.310 e. The SMILES string of the molecule is Cc1ccccc1CN(C)CC(=O)Nc1ccnn1Cc1cccc(Cl)c1. The largest absolute Gasteiger partial charge is 0.310 e. The Kier molecular flexibility index (Phi) is 6.27. The summed E-state index contributed by atoms with van der Waals surface area (Å²) in [7, 11) is 1.94. The zero-order chi connectivity index (χ0) is 19.2. The van der Waals surface area contributed by atoms with Crippen molar-refractivity contribution in [1.29, 1.82) is 0 Å². The fourth-order valence-corrected chi connectivity index (χ4v) is 3.15. The molecule has 0 spiro atoms. The van der Waals surface area contributed by atoms with E-state index in [0.717, 1.165) is 12.1 Å². The zero-order valence-corrected chi connectivity index (χ0v) is 16.3. The first kappa shape index (κ1) is 19.1. The molecule has 3 aromatic rings. The van der Waals surface area contributed by atoms with Crippen molar-refractivity contribution in [1.82, 2.24) is 14.7 Å². The molecule has 0 aliphatic carbocycles. The van der Waals surface area contributed by atoms with Crippen LogP contribution in [0, 0.1) is 6.92 Å². The van der Waals surface area contributed by atoms with Gasteiger partial charge in [-0.2, -0.15) is 5.10 Å². The van der Waals surface area contributed by atoms with E-state index in [9.17, 15) is 4.79 Å². The average molecular weight is 383 g/mol. The number of nitrogens with zero attached hydrogens (tertiary/aromatic N) is 3. The first-order valence-corrected chi connectivity index (χ1v) is 9.18. The number of amides is 1. The fraction of sp³-hybridized carbons (Fsp3) is 0.238. The summed E-state index contributed by atoms with van der Waals surface area (Å²) in [5.74, 6) is 0.600. The molecule has 0 saturated heterocycles. The van der Waals surface area contributed by atoms with Gasteiger partial charge in [0, 0.05) is 17.6 Å². The van der Waals surface area contributed by atoms with Gasteiger partial charge in [0.25, 0.3) is 0 Å². The molecule has 1 amide bonds. The minimum absolute atomic E-state index is 0.0704. The van der Waals surface area contributed by atoms with Gasteiger partial charge in [0.15, 0.2) is 0 Å². The third kappa shape index (κ3) is 5.42. The van der Waals surface area contributed by atoms with Crippen molar-refractivity contribution in [2.75, 3.05) is 18.9 Å². The number of carbonyl (C=O) groups is 1. The molecule has 3 rings (SSSR count). The molecule has 0 unspecified atom stereocenters. The Balaban J connectivity index is 1.58. The molecule has 0 aliphatic rings. The summed E-state index contributed by atoms with van der Waals surface area (Å²) in [6.45, 7) is 3.65. The molecule has 2 aromatic carbocycles. The van der Waals surface area contributed by atoms with Crippen LogP contribution in [0.4, 0.5) is 5.82 Å². The Morgan fingerprint density at radius 2 is 2.00 bits per heavy atom. The van der Waals surface area contributed by atoms with Crippen LogP contribution in [0.2, 0.25) is 5.02 Å². The van der Waals surface area contributed by atoms with Crippen molar-refractivity contribution in [3.05, 3.63) is 82.5 Å². The van der Waals surface area contributed by atoms with Crippen LogP contribution in [0.25, 0.3) is 0 Å². The molecule has 0 atom stereocenters. The second kappa shape index (κ2) is 8.84. The highest BCUT2D eigenvalue weighted by atomic mass is 35.5. The zero-order valence-electron chi connectivity index (χ0n) is 15.5. The van der Waals surface area contributed by atoms with E-state index in [1.165, 1.54) is 11.1 Å². The van der Waals surface area contributed by atoms with E-state index in [2.05, 4.69) is 29.5 Å². The molecule has 0 aliphatic heterocycles. The Bertz CT molecular complexity index is 922. The second-order valence-corrected chi connectivity index (χ2v) is 7.09. The highest BCUT2D eigenvalue weighted by Gasteiger charge is 2.11. The van der Waals surface area contributed by atoms with Crippen LogP contribution < -0.4 is 5.32 Å². The molecule has 1 heterocycles. The highest BCUT2D eigenvalue weighted by molar-refractivity contribution is 6.30. The molecule has 6 heteroatoms. The van der Waals surface area contributed by atoms with Gasteiger partial charge in [-0.25, -0.2) is 4.68 Å². The average Bonchev–Trinajstić information content (AvgIpc) is 3.03. The lowest BCUT2D eigenvalue weighted by Gasteiger charge is -2.18. The van der Waals surface area contributed by atoms with Gasteiger partial charge < -0.3 is 5.32 Å². The number of likely N-dealkylation sites (N-methyl/N-ethyl adjacent to an activating group) is 1. The topological polar surface area (TPSA) is 50.2 Å². The monoisotopic (exact) mass is 382 g/mol. The predicted octanol–water partition coefficient (Wildman–Crippen LogP) is 3.96. The Hall–Kier alpha value is -2.63.